The monoisotopic (exact) mass is 376 g/mol. The first-order valence-corrected chi connectivity index (χ1v) is 8.80. The van der Waals surface area contributed by atoms with Gasteiger partial charge in [-0.1, -0.05) is 30.3 Å². The molecule has 0 saturated carbocycles. The van der Waals surface area contributed by atoms with Crippen molar-refractivity contribution in [2.45, 2.75) is 42.0 Å². The lowest BCUT2D eigenvalue weighted by Crippen LogP contribution is -2.72. The van der Waals surface area contributed by atoms with E-state index in [4.69, 9.17) is 0 Å². The van der Waals surface area contributed by atoms with E-state index < -0.39 is 51.9 Å². The number of nitrogens with one attached hydrogen (secondary N) is 1. The van der Waals surface area contributed by atoms with Crippen LogP contribution < -0.4 is 15.5 Å². The summed E-state index contributed by atoms with van der Waals surface area (Å²) >= 11 is 1.23. The first-order valence-electron chi connectivity index (χ1n) is 7.92. The molecule has 4 atom stereocenters. The molecule has 3 rings (SSSR count). The van der Waals surface area contributed by atoms with Gasteiger partial charge in [-0.2, -0.15) is 0 Å². The number of aliphatic carboxylic acids is 2. The lowest BCUT2D eigenvalue weighted by Gasteiger charge is -2.45. The van der Waals surface area contributed by atoms with Gasteiger partial charge >= 0.3 is 0 Å². The number of carbonyl (C=O) groups excluding carboxylic acids is 4. The summed E-state index contributed by atoms with van der Waals surface area (Å²) < 4.78 is -0.786. The van der Waals surface area contributed by atoms with Crippen molar-refractivity contribution >= 4 is 35.5 Å². The molecular formula is C17H16N2O6S-2. The van der Waals surface area contributed by atoms with Crippen LogP contribution >= 0.6 is 11.8 Å². The molecule has 9 heteroatoms. The predicted molar refractivity (Wildman–Crippen MR) is 87.2 cm³/mol. The van der Waals surface area contributed by atoms with E-state index in [1.165, 1.54) is 28.8 Å². The topological polar surface area (TPSA) is 130 Å². The Balaban J connectivity index is 1.78. The van der Waals surface area contributed by atoms with Crippen LogP contribution in [0.1, 0.15) is 25.3 Å². The number of nitrogens with zero attached hydrogens (tertiary/aromatic N) is 1. The van der Waals surface area contributed by atoms with Crippen LogP contribution in [0.25, 0.3) is 0 Å². The maximum Gasteiger partial charge on any atom is 0.249 e. The van der Waals surface area contributed by atoms with Crippen molar-refractivity contribution in [3.05, 3.63) is 35.9 Å². The van der Waals surface area contributed by atoms with E-state index in [0.29, 0.717) is 0 Å². The maximum atomic E-state index is 12.5. The fourth-order valence-corrected chi connectivity index (χ4v) is 5.02. The molecule has 0 radical (unpaired) electrons. The fraction of sp³-hybridized carbons (Fsp3) is 0.412. The zero-order valence-corrected chi connectivity index (χ0v) is 14.8. The molecule has 8 nitrogen and oxygen atoms in total. The molecule has 138 valence electrons. The van der Waals surface area contributed by atoms with Crippen LogP contribution in [0.5, 0.6) is 0 Å². The number of rotatable bonds is 5. The maximum absolute atomic E-state index is 12.5. The normalized spacial score (nSPS) is 27.2. The number of carbonyl (C=O) groups is 4. The second-order valence-electron chi connectivity index (χ2n) is 6.73. The number of carboxylic acids is 2. The molecule has 0 unspecified atom stereocenters. The van der Waals surface area contributed by atoms with Crippen LogP contribution in [0.2, 0.25) is 0 Å². The molecule has 2 heterocycles. The minimum atomic E-state index is -1.58. The Bertz CT molecular complexity index is 781. The molecule has 2 saturated heterocycles. The summed E-state index contributed by atoms with van der Waals surface area (Å²) in [4.78, 5) is 48.8. The van der Waals surface area contributed by atoms with Crippen molar-refractivity contribution in [3.63, 3.8) is 0 Å². The van der Waals surface area contributed by atoms with Gasteiger partial charge in [0, 0.05) is 4.75 Å². The Morgan fingerprint density at radius 2 is 1.81 bits per heavy atom. The molecule has 1 N–H and O–H groups in total. The molecule has 1 aromatic rings. The van der Waals surface area contributed by atoms with Crippen molar-refractivity contribution in [1.82, 2.24) is 10.2 Å². The quantitative estimate of drug-likeness (QED) is 0.457. The molecule has 0 bridgehead atoms. The number of carboxylic acid groups (broad SMARTS) is 2. The zero-order valence-electron chi connectivity index (χ0n) is 14.0. The van der Waals surface area contributed by atoms with Gasteiger partial charge in [-0.15, -0.1) is 11.8 Å². The highest BCUT2D eigenvalue weighted by Gasteiger charge is 2.62. The minimum absolute atomic E-state index is 0.237. The lowest BCUT2D eigenvalue weighted by atomic mass is 9.94. The summed E-state index contributed by atoms with van der Waals surface area (Å²) in [5.41, 5.74) is 0.237. The van der Waals surface area contributed by atoms with Gasteiger partial charge in [0.25, 0.3) is 0 Å². The van der Waals surface area contributed by atoms with Gasteiger partial charge in [0.2, 0.25) is 11.8 Å². The number of β-lactam (4-membered cyclic amide) rings is 1. The van der Waals surface area contributed by atoms with Gasteiger partial charge in [0.15, 0.2) is 0 Å². The van der Waals surface area contributed by atoms with Crippen LogP contribution in [0.3, 0.4) is 0 Å². The van der Waals surface area contributed by atoms with Crippen LogP contribution in [0.4, 0.5) is 0 Å². The van der Waals surface area contributed by atoms with Crippen molar-refractivity contribution in [2.75, 3.05) is 0 Å². The number of amides is 2. The summed E-state index contributed by atoms with van der Waals surface area (Å²) in [6.07, 6.45) is 0. The number of hydrogen-bond donors (Lipinski definition) is 1. The Labute approximate surface area is 153 Å². The van der Waals surface area contributed by atoms with E-state index in [1.54, 1.807) is 32.0 Å². The van der Waals surface area contributed by atoms with E-state index in [9.17, 15) is 29.4 Å². The standard InChI is InChI=1S/C17H18N2O6S/c1-17(2)11(16(24)25)19-13(21)10(14(19)26-17)18-12(20)9(15(22)23)8-6-4-3-5-7-8/h3-7,9-11,14H,1-2H3,(H,18,20)(H,22,23)(H,24,25)/p-2/t9-,10+,11-,14+/m0/s1. The number of fused-ring (bicyclic) bond motifs is 1. The molecule has 0 spiro atoms. The molecule has 1 aromatic carbocycles. The molecule has 2 fully saturated rings. The third-order valence-corrected chi connectivity index (χ3v) is 6.16. The molecule has 0 aliphatic carbocycles. The summed E-state index contributed by atoms with van der Waals surface area (Å²) in [6, 6.07) is 5.73. The molecular weight excluding hydrogens is 360 g/mol. The summed E-state index contributed by atoms with van der Waals surface area (Å²) in [5, 5.41) is 24.6. The average molecular weight is 376 g/mol. The zero-order chi connectivity index (χ0) is 19.2. The van der Waals surface area contributed by atoms with Crippen LogP contribution in [0.15, 0.2) is 30.3 Å². The van der Waals surface area contributed by atoms with E-state index in [0.717, 1.165) is 0 Å². The first-order chi connectivity index (χ1) is 12.1. The second-order valence-corrected chi connectivity index (χ2v) is 8.50. The number of thioether (sulfide) groups is 1. The van der Waals surface area contributed by atoms with Crippen LogP contribution in [0, 0.1) is 0 Å². The van der Waals surface area contributed by atoms with Crippen molar-refractivity contribution < 1.29 is 29.4 Å². The third kappa shape index (κ3) is 2.82. The van der Waals surface area contributed by atoms with Crippen molar-refractivity contribution in [3.8, 4) is 0 Å². The van der Waals surface area contributed by atoms with Crippen molar-refractivity contribution in [2.24, 2.45) is 0 Å². The molecule has 2 aliphatic heterocycles. The van der Waals surface area contributed by atoms with Gasteiger partial charge < -0.3 is 30.0 Å². The van der Waals surface area contributed by atoms with Gasteiger partial charge in [0.05, 0.1) is 18.0 Å². The second kappa shape index (κ2) is 6.31. The van der Waals surface area contributed by atoms with E-state index in [2.05, 4.69) is 5.32 Å². The Morgan fingerprint density at radius 1 is 1.19 bits per heavy atom. The Hall–Kier alpha value is -2.55. The lowest BCUT2D eigenvalue weighted by molar-refractivity contribution is -0.312. The van der Waals surface area contributed by atoms with Gasteiger partial charge in [-0.3, -0.25) is 9.59 Å². The fourth-order valence-electron chi connectivity index (χ4n) is 3.40. The van der Waals surface area contributed by atoms with E-state index >= 15 is 0 Å². The average Bonchev–Trinajstić information content (AvgIpc) is 2.82. The van der Waals surface area contributed by atoms with Crippen molar-refractivity contribution in [1.29, 1.82) is 0 Å². The van der Waals surface area contributed by atoms with Gasteiger partial charge in [0.1, 0.15) is 17.3 Å². The summed E-state index contributed by atoms with van der Waals surface area (Å²) in [7, 11) is 0. The number of benzene rings is 1. The number of hydrogen-bond acceptors (Lipinski definition) is 7. The van der Waals surface area contributed by atoms with E-state index in [-0.39, 0.29) is 5.56 Å². The summed E-state index contributed by atoms with van der Waals surface area (Å²) in [6.45, 7) is 3.35. The molecule has 2 aliphatic rings. The van der Waals surface area contributed by atoms with Gasteiger partial charge in [-0.25, -0.2) is 0 Å². The predicted octanol–water partition coefficient (Wildman–Crippen LogP) is -2.18. The highest BCUT2D eigenvalue weighted by Crippen LogP contribution is 2.50. The summed E-state index contributed by atoms with van der Waals surface area (Å²) in [5.74, 6) is -5.94. The molecule has 26 heavy (non-hydrogen) atoms. The smallest absolute Gasteiger partial charge is 0.249 e. The van der Waals surface area contributed by atoms with E-state index in [1.807, 2.05) is 0 Å². The highest BCUT2D eigenvalue weighted by atomic mass is 32.2. The first kappa shape index (κ1) is 18.2. The molecule has 2 amide bonds. The molecule has 0 aromatic heterocycles. The van der Waals surface area contributed by atoms with Gasteiger partial charge in [-0.05, 0) is 19.4 Å². The SMILES string of the molecule is CC1(C)S[C@@H]2[C@H](NC(=O)[C@@H](C(=O)[O-])c3ccccc3)C(=O)N2[C@H]1C(=O)[O-]. The highest BCUT2D eigenvalue weighted by molar-refractivity contribution is 8.01. The largest absolute Gasteiger partial charge is 0.549 e. The van der Waals surface area contributed by atoms with Crippen LogP contribution in [-0.2, 0) is 19.2 Å². The minimum Gasteiger partial charge on any atom is -0.549 e. The third-order valence-electron chi connectivity index (χ3n) is 4.59. The Morgan fingerprint density at radius 3 is 2.35 bits per heavy atom. The Kier molecular flexibility index (Phi) is 4.43. The van der Waals surface area contributed by atoms with Crippen LogP contribution in [-0.4, -0.2) is 50.9 Å².